The normalized spacial score (nSPS) is 11.6. The van der Waals surface area contributed by atoms with Crippen molar-refractivity contribution in [1.29, 1.82) is 0 Å². The Morgan fingerprint density at radius 2 is 1.71 bits per heavy atom. The maximum atomic E-state index is 5.46. The Morgan fingerprint density at radius 3 is 2.29 bits per heavy atom. The van der Waals surface area contributed by atoms with Crippen molar-refractivity contribution in [1.82, 2.24) is 5.32 Å². The first kappa shape index (κ1) is 13.9. The maximum Gasteiger partial charge on any atom is 0.0518 e. The van der Waals surface area contributed by atoms with E-state index in [9.17, 15) is 0 Å². The van der Waals surface area contributed by atoms with Crippen LogP contribution in [0, 0.1) is 5.92 Å². The lowest BCUT2D eigenvalue weighted by Gasteiger charge is -2.08. The molecular weight excluding hydrogens is 174 g/mol. The molecule has 0 atom stereocenters. The average Bonchev–Trinajstić information content (AvgIpc) is 2.08. The molecule has 0 fully saturated rings. The van der Waals surface area contributed by atoms with Gasteiger partial charge in [0, 0.05) is 6.61 Å². The Kier molecular flexibility index (Phi) is 9.42. The van der Waals surface area contributed by atoms with E-state index >= 15 is 0 Å². The van der Waals surface area contributed by atoms with Gasteiger partial charge in [-0.15, -0.1) is 0 Å². The molecule has 0 heterocycles. The van der Waals surface area contributed by atoms with Crippen molar-refractivity contribution in [2.24, 2.45) is 5.92 Å². The van der Waals surface area contributed by atoms with Crippen LogP contribution in [0.1, 0.15) is 47.0 Å². The van der Waals surface area contributed by atoms with Crippen LogP contribution in [-0.4, -0.2) is 25.8 Å². The lowest BCUT2D eigenvalue weighted by atomic mass is 10.1. The molecule has 0 saturated heterocycles. The van der Waals surface area contributed by atoms with E-state index in [1.807, 2.05) is 0 Å². The average molecular weight is 201 g/mol. The molecule has 0 aromatic carbocycles. The van der Waals surface area contributed by atoms with Crippen molar-refractivity contribution in [3.05, 3.63) is 0 Å². The van der Waals surface area contributed by atoms with E-state index in [0.29, 0.717) is 6.10 Å². The summed E-state index contributed by atoms with van der Waals surface area (Å²) in [4.78, 5) is 0. The predicted molar refractivity (Wildman–Crippen MR) is 62.6 cm³/mol. The van der Waals surface area contributed by atoms with E-state index < -0.39 is 0 Å². The fraction of sp³-hybridized carbons (Fsp3) is 1.00. The molecule has 0 aliphatic carbocycles. The maximum absolute atomic E-state index is 5.46. The molecule has 0 aliphatic rings. The van der Waals surface area contributed by atoms with Gasteiger partial charge in [0.2, 0.25) is 0 Å². The Labute approximate surface area is 89.4 Å². The molecule has 0 aliphatic heterocycles. The van der Waals surface area contributed by atoms with Gasteiger partial charge in [0.1, 0.15) is 0 Å². The molecule has 0 amide bonds. The van der Waals surface area contributed by atoms with E-state index in [0.717, 1.165) is 25.6 Å². The van der Waals surface area contributed by atoms with Crippen molar-refractivity contribution in [3.63, 3.8) is 0 Å². The Bertz CT molecular complexity index is 98.9. The predicted octanol–water partition coefficient (Wildman–Crippen LogP) is 2.83. The summed E-state index contributed by atoms with van der Waals surface area (Å²) in [7, 11) is 0. The zero-order chi connectivity index (χ0) is 10.8. The third-order valence-electron chi connectivity index (χ3n) is 2.10. The molecule has 0 radical (unpaired) electrons. The van der Waals surface area contributed by atoms with Crippen LogP contribution in [0.15, 0.2) is 0 Å². The van der Waals surface area contributed by atoms with Crippen LogP contribution in [0.25, 0.3) is 0 Å². The third-order valence-corrected chi connectivity index (χ3v) is 2.10. The largest absolute Gasteiger partial charge is 0.379 e. The van der Waals surface area contributed by atoms with Crippen LogP contribution in [0.3, 0.4) is 0 Å². The lowest BCUT2D eigenvalue weighted by Crippen LogP contribution is -2.18. The smallest absolute Gasteiger partial charge is 0.0518 e. The van der Waals surface area contributed by atoms with Crippen molar-refractivity contribution in [2.45, 2.75) is 53.1 Å². The molecule has 14 heavy (non-hydrogen) atoms. The van der Waals surface area contributed by atoms with E-state index in [1.54, 1.807) is 0 Å². The number of ether oxygens (including phenoxy) is 1. The third kappa shape index (κ3) is 11.9. The molecular formula is C12H27NO. The van der Waals surface area contributed by atoms with Gasteiger partial charge >= 0.3 is 0 Å². The first-order valence-corrected chi connectivity index (χ1v) is 5.95. The molecule has 2 nitrogen and oxygen atoms in total. The number of unbranched alkanes of at least 4 members (excludes halogenated alkanes) is 1. The van der Waals surface area contributed by atoms with Crippen molar-refractivity contribution < 1.29 is 4.74 Å². The number of hydrogen-bond donors (Lipinski definition) is 1. The molecule has 2 heteroatoms. The summed E-state index contributed by atoms with van der Waals surface area (Å²) in [6, 6.07) is 0. The van der Waals surface area contributed by atoms with Gasteiger partial charge in [-0.2, -0.15) is 0 Å². The van der Waals surface area contributed by atoms with E-state index in [-0.39, 0.29) is 0 Å². The van der Waals surface area contributed by atoms with Gasteiger partial charge in [-0.05, 0) is 52.1 Å². The van der Waals surface area contributed by atoms with Crippen molar-refractivity contribution in [2.75, 3.05) is 19.7 Å². The van der Waals surface area contributed by atoms with Crippen LogP contribution in [0.5, 0.6) is 0 Å². The van der Waals surface area contributed by atoms with Crippen LogP contribution >= 0.6 is 0 Å². The van der Waals surface area contributed by atoms with Gasteiger partial charge in [-0.3, -0.25) is 0 Å². The monoisotopic (exact) mass is 201 g/mol. The van der Waals surface area contributed by atoms with Gasteiger partial charge in [0.25, 0.3) is 0 Å². The second-order valence-corrected chi connectivity index (χ2v) is 4.56. The van der Waals surface area contributed by atoms with Crippen molar-refractivity contribution in [3.8, 4) is 0 Å². The van der Waals surface area contributed by atoms with Crippen LogP contribution < -0.4 is 5.32 Å². The molecule has 0 aromatic rings. The second kappa shape index (κ2) is 9.47. The van der Waals surface area contributed by atoms with Gasteiger partial charge in [-0.1, -0.05) is 13.8 Å². The summed E-state index contributed by atoms with van der Waals surface area (Å²) in [6.07, 6.45) is 4.06. The van der Waals surface area contributed by atoms with E-state index in [2.05, 4.69) is 33.0 Å². The number of rotatable bonds is 9. The highest BCUT2D eigenvalue weighted by Gasteiger charge is 1.94. The summed E-state index contributed by atoms with van der Waals surface area (Å²) in [5, 5.41) is 3.45. The molecule has 0 saturated carbocycles. The number of hydrogen-bond acceptors (Lipinski definition) is 2. The van der Waals surface area contributed by atoms with Crippen LogP contribution in [0.4, 0.5) is 0 Å². The summed E-state index contributed by atoms with van der Waals surface area (Å²) in [5.41, 5.74) is 0. The highest BCUT2D eigenvalue weighted by molar-refractivity contribution is 4.51. The minimum absolute atomic E-state index is 0.379. The van der Waals surface area contributed by atoms with Gasteiger partial charge in [0.15, 0.2) is 0 Å². The standard InChI is InChI=1S/C12H27NO/c1-11(2)7-9-13-8-5-6-10-14-12(3)4/h11-13H,5-10H2,1-4H3. The first-order valence-electron chi connectivity index (χ1n) is 5.95. The topological polar surface area (TPSA) is 21.3 Å². The Balaban J connectivity index is 2.92. The molecule has 0 bridgehead atoms. The van der Waals surface area contributed by atoms with Gasteiger partial charge in [0.05, 0.1) is 6.10 Å². The van der Waals surface area contributed by atoms with Crippen LogP contribution in [0.2, 0.25) is 0 Å². The zero-order valence-electron chi connectivity index (χ0n) is 10.3. The second-order valence-electron chi connectivity index (χ2n) is 4.56. The van der Waals surface area contributed by atoms with Gasteiger partial charge in [-0.25, -0.2) is 0 Å². The zero-order valence-corrected chi connectivity index (χ0v) is 10.3. The fourth-order valence-electron chi connectivity index (χ4n) is 1.19. The Hall–Kier alpha value is -0.0800. The summed E-state index contributed by atoms with van der Waals surface area (Å²) >= 11 is 0. The number of nitrogens with one attached hydrogen (secondary N) is 1. The molecule has 86 valence electrons. The van der Waals surface area contributed by atoms with Crippen molar-refractivity contribution >= 4 is 0 Å². The van der Waals surface area contributed by atoms with Crippen LogP contribution in [-0.2, 0) is 4.74 Å². The summed E-state index contributed by atoms with van der Waals surface area (Å²) < 4.78 is 5.46. The fourth-order valence-corrected chi connectivity index (χ4v) is 1.19. The Morgan fingerprint density at radius 1 is 1.00 bits per heavy atom. The summed E-state index contributed by atoms with van der Waals surface area (Å²) in [5.74, 6) is 0.812. The first-order chi connectivity index (χ1) is 6.63. The highest BCUT2D eigenvalue weighted by atomic mass is 16.5. The minimum atomic E-state index is 0.379. The minimum Gasteiger partial charge on any atom is -0.379 e. The SMILES string of the molecule is CC(C)CCNCCCCOC(C)C. The molecule has 1 N–H and O–H groups in total. The van der Waals surface area contributed by atoms with E-state index in [4.69, 9.17) is 4.74 Å². The highest BCUT2D eigenvalue weighted by Crippen LogP contribution is 1.97. The molecule has 0 spiro atoms. The summed E-state index contributed by atoms with van der Waals surface area (Å²) in [6.45, 7) is 11.9. The van der Waals surface area contributed by atoms with E-state index in [1.165, 1.54) is 19.3 Å². The molecule has 0 unspecified atom stereocenters. The molecule has 0 aromatic heterocycles. The molecule has 0 rings (SSSR count). The lowest BCUT2D eigenvalue weighted by molar-refractivity contribution is 0.0760. The quantitative estimate of drug-likeness (QED) is 0.579. The van der Waals surface area contributed by atoms with Gasteiger partial charge < -0.3 is 10.1 Å².